The fourth-order valence-electron chi connectivity index (χ4n) is 1.88. The number of aromatic amines is 1. The smallest absolute Gasteiger partial charge is 0.335 e. The zero-order valence-electron chi connectivity index (χ0n) is 10.0. The third kappa shape index (κ3) is 2.06. The molecule has 0 saturated heterocycles. The number of hydrogen-bond acceptors (Lipinski definition) is 2. The van der Waals surface area contributed by atoms with E-state index in [9.17, 15) is 4.79 Å². The summed E-state index contributed by atoms with van der Waals surface area (Å²) in [5.41, 5.74) is 3.94. The van der Waals surface area contributed by atoms with Crippen molar-refractivity contribution in [1.29, 1.82) is 0 Å². The highest BCUT2D eigenvalue weighted by atomic mass is 16.4. The van der Waals surface area contributed by atoms with Crippen molar-refractivity contribution in [3.63, 3.8) is 0 Å². The Morgan fingerprint density at radius 3 is 2.53 bits per heavy atom. The second kappa shape index (κ2) is 4.05. The summed E-state index contributed by atoms with van der Waals surface area (Å²) >= 11 is 0. The van der Waals surface area contributed by atoms with Crippen molar-refractivity contribution in [3.8, 4) is 11.3 Å². The molecular weight excluding hydrogens is 216 g/mol. The van der Waals surface area contributed by atoms with Crippen LogP contribution in [0.3, 0.4) is 0 Å². The number of aromatic nitrogens is 2. The van der Waals surface area contributed by atoms with E-state index in [4.69, 9.17) is 5.11 Å². The van der Waals surface area contributed by atoms with Crippen molar-refractivity contribution in [2.45, 2.75) is 20.8 Å². The van der Waals surface area contributed by atoms with Gasteiger partial charge in [0.15, 0.2) is 0 Å². The molecule has 4 heteroatoms. The van der Waals surface area contributed by atoms with Gasteiger partial charge in [0.05, 0.1) is 11.3 Å². The molecule has 0 aliphatic heterocycles. The summed E-state index contributed by atoms with van der Waals surface area (Å²) in [6.45, 7) is 5.76. The van der Waals surface area contributed by atoms with E-state index in [0.29, 0.717) is 0 Å². The Hall–Kier alpha value is -2.10. The van der Waals surface area contributed by atoms with Gasteiger partial charge in [-0.05, 0) is 38.5 Å². The lowest BCUT2D eigenvalue weighted by molar-refractivity contribution is 0.0697. The van der Waals surface area contributed by atoms with Gasteiger partial charge in [-0.1, -0.05) is 6.07 Å². The number of rotatable bonds is 2. The highest BCUT2D eigenvalue weighted by Crippen LogP contribution is 2.25. The number of nitrogens with zero attached hydrogens (tertiary/aromatic N) is 1. The topological polar surface area (TPSA) is 66.0 Å². The Labute approximate surface area is 99.3 Å². The van der Waals surface area contributed by atoms with Gasteiger partial charge in [0.2, 0.25) is 0 Å². The number of aryl methyl sites for hydroxylation is 3. The number of carbonyl (C=O) groups is 1. The average Bonchev–Trinajstić information content (AvgIpc) is 2.58. The van der Waals surface area contributed by atoms with Crippen molar-refractivity contribution in [2.24, 2.45) is 0 Å². The van der Waals surface area contributed by atoms with Crippen LogP contribution in [0.15, 0.2) is 18.2 Å². The molecule has 17 heavy (non-hydrogen) atoms. The maximum atomic E-state index is 11.0. The number of H-pyrrole nitrogens is 1. The van der Waals surface area contributed by atoms with Crippen molar-refractivity contribution in [1.82, 2.24) is 9.97 Å². The van der Waals surface area contributed by atoms with Crippen LogP contribution in [0.25, 0.3) is 11.3 Å². The summed E-state index contributed by atoms with van der Waals surface area (Å²) in [6.07, 6.45) is 0. The van der Waals surface area contributed by atoms with Crippen LogP contribution in [0.4, 0.5) is 0 Å². The SMILES string of the molecule is Cc1nc(-c2cc(C(=O)O)ccc2C)c(C)[nH]1. The second-order valence-corrected chi connectivity index (χ2v) is 4.13. The summed E-state index contributed by atoms with van der Waals surface area (Å²) in [5.74, 6) is -0.0891. The molecule has 1 aromatic carbocycles. The van der Waals surface area contributed by atoms with Crippen molar-refractivity contribution >= 4 is 5.97 Å². The van der Waals surface area contributed by atoms with Crippen LogP contribution in [-0.4, -0.2) is 21.0 Å². The van der Waals surface area contributed by atoms with Crippen LogP contribution in [0.5, 0.6) is 0 Å². The van der Waals surface area contributed by atoms with Crippen LogP contribution in [-0.2, 0) is 0 Å². The molecule has 4 nitrogen and oxygen atoms in total. The fourth-order valence-corrected chi connectivity index (χ4v) is 1.88. The van der Waals surface area contributed by atoms with E-state index < -0.39 is 5.97 Å². The minimum atomic E-state index is -0.920. The van der Waals surface area contributed by atoms with Gasteiger partial charge in [-0.25, -0.2) is 9.78 Å². The molecule has 0 saturated carbocycles. The third-order valence-corrected chi connectivity index (χ3v) is 2.74. The Kier molecular flexibility index (Phi) is 2.71. The molecule has 0 aliphatic rings. The first-order valence-corrected chi connectivity index (χ1v) is 5.36. The third-order valence-electron chi connectivity index (χ3n) is 2.74. The highest BCUT2D eigenvalue weighted by molar-refractivity contribution is 5.89. The largest absolute Gasteiger partial charge is 0.478 e. The van der Waals surface area contributed by atoms with E-state index in [1.807, 2.05) is 26.8 Å². The number of hydrogen-bond donors (Lipinski definition) is 2. The molecule has 2 N–H and O–H groups in total. The number of carboxylic acids is 1. The summed E-state index contributed by atoms with van der Waals surface area (Å²) in [7, 11) is 0. The summed E-state index contributed by atoms with van der Waals surface area (Å²) in [4.78, 5) is 18.5. The second-order valence-electron chi connectivity index (χ2n) is 4.13. The molecule has 2 rings (SSSR count). The van der Waals surface area contributed by atoms with Crippen LogP contribution in [0.1, 0.15) is 27.4 Å². The molecule has 0 spiro atoms. The van der Waals surface area contributed by atoms with E-state index >= 15 is 0 Å². The first-order chi connectivity index (χ1) is 7.99. The summed E-state index contributed by atoms with van der Waals surface area (Å²) < 4.78 is 0. The number of nitrogens with one attached hydrogen (secondary N) is 1. The molecule has 1 aromatic heterocycles. The molecule has 0 fully saturated rings. The van der Waals surface area contributed by atoms with Crippen LogP contribution < -0.4 is 0 Å². The molecule has 0 atom stereocenters. The van der Waals surface area contributed by atoms with E-state index in [1.165, 1.54) is 0 Å². The zero-order valence-corrected chi connectivity index (χ0v) is 10.0. The van der Waals surface area contributed by atoms with Gasteiger partial charge in [-0.15, -0.1) is 0 Å². The highest BCUT2D eigenvalue weighted by Gasteiger charge is 2.12. The maximum absolute atomic E-state index is 11.0. The molecule has 0 unspecified atom stereocenters. The van der Waals surface area contributed by atoms with Crippen molar-refractivity contribution in [2.75, 3.05) is 0 Å². The monoisotopic (exact) mass is 230 g/mol. The van der Waals surface area contributed by atoms with Gasteiger partial charge in [0, 0.05) is 11.3 Å². The molecule has 1 heterocycles. The lowest BCUT2D eigenvalue weighted by Gasteiger charge is -2.05. The first-order valence-electron chi connectivity index (χ1n) is 5.36. The molecular formula is C13H14N2O2. The maximum Gasteiger partial charge on any atom is 0.335 e. The Balaban J connectivity index is 2.62. The average molecular weight is 230 g/mol. The Morgan fingerprint density at radius 1 is 1.29 bits per heavy atom. The molecule has 0 bridgehead atoms. The van der Waals surface area contributed by atoms with E-state index in [2.05, 4.69) is 9.97 Å². The van der Waals surface area contributed by atoms with Crippen LogP contribution in [0, 0.1) is 20.8 Å². The molecule has 0 aliphatic carbocycles. The first kappa shape index (κ1) is 11.4. The van der Waals surface area contributed by atoms with Crippen LogP contribution >= 0.6 is 0 Å². The van der Waals surface area contributed by atoms with Gasteiger partial charge >= 0.3 is 5.97 Å². The molecule has 2 aromatic rings. The quantitative estimate of drug-likeness (QED) is 0.833. The predicted molar refractivity (Wildman–Crippen MR) is 65.2 cm³/mol. The van der Waals surface area contributed by atoms with Crippen molar-refractivity contribution in [3.05, 3.63) is 40.8 Å². The fraction of sp³-hybridized carbons (Fsp3) is 0.231. The van der Waals surface area contributed by atoms with Gasteiger partial charge in [0.25, 0.3) is 0 Å². The molecule has 0 amide bonds. The number of carboxylic acid groups (broad SMARTS) is 1. The molecule has 0 radical (unpaired) electrons. The van der Waals surface area contributed by atoms with Gasteiger partial charge in [-0.3, -0.25) is 0 Å². The van der Waals surface area contributed by atoms with Gasteiger partial charge in [-0.2, -0.15) is 0 Å². The minimum absolute atomic E-state index is 0.283. The Morgan fingerprint density at radius 2 is 2.00 bits per heavy atom. The normalized spacial score (nSPS) is 10.5. The molecule has 88 valence electrons. The lowest BCUT2D eigenvalue weighted by atomic mass is 10.0. The lowest BCUT2D eigenvalue weighted by Crippen LogP contribution is -1.97. The summed E-state index contributed by atoms with van der Waals surface area (Å²) in [5, 5.41) is 8.99. The minimum Gasteiger partial charge on any atom is -0.478 e. The number of imidazole rings is 1. The van der Waals surface area contributed by atoms with Gasteiger partial charge < -0.3 is 10.1 Å². The number of benzene rings is 1. The summed E-state index contributed by atoms with van der Waals surface area (Å²) in [6, 6.07) is 5.08. The zero-order chi connectivity index (χ0) is 12.6. The van der Waals surface area contributed by atoms with E-state index in [0.717, 1.165) is 28.3 Å². The van der Waals surface area contributed by atoms with Crippen molar-refractivity contribution < 1.29 is 9.90 Å². The Bertz CT molecular complexity index is 585. The standard InChI is InChI=1S/C13H14N2O2/c1-7-4-5-10(13(16)17)6-11(7)12-8(2)14-9(3)15-12/h4-6H,1-3H3,(H,14,15)(H,16,17). The number of aromatic carboxylic acids is 1. The van der Waals surface area contributed by atoms with Gasteiger partial charge in [0.1, 0.15) is 5.82 Å². The van der Waals surface area contributed by atoms with E-state index in [1.54, 1.807) is 12.1 Å². The van der Waals surface area contributed by atoms with E-state index in [-0.39, 0.29) is 5.56 Å². The van der Waals surface area contributed by atoms with Crippen LogP contribution in [0.2, 0.25) is 0 Å². The predicted octanol–water partition coefficient (Wildman–Crippen LogP) is 2.70.